The van der Waals surface area contributed by atoms with Gasteiger partial charge in [-0.3, -0.25) is 0 Å². The third kappa shape index (κ3) is 3.41. The van der Waals surface area contributed by atoms with Gasteiger partial charge in [-0.15, -0.1) is 11.3 Å². The first-order chi connectivity index (χ1) is 10.2. The average Bonchev–Trinajstić information content (AvgIpc) is 2.99. The van der Waals surface area contributed by atoms with Gasteiger partial charge in [-0.1, -0.05) is 59.6 Å². The fourth-order valence-corrected chi connectivity index (χ4v) is 3.37. The van der Waals surface area contributed by atoms with Crippen molar-refractivity contribution < 1.29 is 0 Å². The topological polar surface area (TPSA) is 12.0 Å². The summed E-state index contributed by atoms with van der Waals surface area (Å²) in [6, 6.07) is 20.3. The van der Waals surface area contributed by atoms with Crippen molar-refractivity contribution in [2.45, 2.75) is 6.54 Å². The van der Waals surface area contributed by atoms with Crippen LogP contribution >= 0.6 is 34.5 Å². The highest BCUT2D eigenvalue weighted by Gasteiger charge is 2.06. The van der Waals surface area contributed by atoms with Crippen LogP contribution in [0.4, 0.5) is 5.69 Å². The summed E-state index contributed by atoms with van der Waals surface area (Å²) >= 11 is 14.0. The second-order valence-corrected chi connectivity index (χ2v) is 6.54. The molecule has 0 amide bonds. The van der Waals surface area contributed by atoms with Crippen LogP contribution in [-0.2, 0) is 6.54 Å². The Hall–Kier alpha value is -1.48. The van der Waals surface area contributed by atoms with E-state index in [1.165, 1.54) is 15.3 Å². The molecule has 0 bridgehead atoms. The van der Waals surface area contributed by atoms with Gasteiger partial charge in [-0.25, -0.2) is 0 Å². The lowest BCUT2D eigenvalue weighted by molar-refractivity contribution is 1.19. The first-order valence-electron chi connectivity index (χ1n) is 6.56. The minimum Gasteiger partial charge on any atom is -0.379 e. The number of halogens is 2. The highest BCUT2D eigenvalue weighted by atomic mass is 35.5. The second kappa shape index (κ2) is 6.52. The number of benzene rings is 2. The van der Waals surface area contributed by atoms with Gasteiger partial charge in [0, 0.05) is 16.3 Å². The highest BCUT2D eigenvalue weighted by Crippen LogP contribution is 2.31. The molecule has 3 aromatic rings. The van der Waals surface area contributed by atoms with Crippen molar-refractivity contribution in [3.8, 4) is 10.4 Å². The first-order valence-corrected chi connectivity index (χ1v) is 8.13. The van der Waals surface area contributed by atoms with Crippen LogP contribution in [0, 0.1) is 0 Å². The van der Waals surface area contributed by atoms with Crippen LogP contribution in [0.15, 0.2) is 60.7 Å². The zero-order valence-electron chi connectivity index (χ0n) is 11.1. The van der Waals surface area contributed by atoms with Crippen molar-refractivity contribution in [1.82, 2.24) is 0 Å². The molecule has 0 saturated carbocycles. The first kappa shape index (κ1) is 14.5. The molecular formula is C17H13Cl2NS. The van der Waals surface area contributed by atoms with E-state index in [-0.39, 0.29) is 0 Å². The van der Waals surface area contributed by atoms with E-state index >= 15 is 0 Å². The standard InChI is InChI=1S/C17H13Cl2NS/c18-14-7-4-8-15(17(14)19)20-11-13-9-10-16(21-13)12-5-2-1-3-6-12/h1-10,20H,11H2. The third-order valence-corrected chi connectivity index (χ3v) is 5.08. The Kier molecular flexibility index (Phi) is 4.49. The van der Waals surface area contributed by atoms with E-state index in [9.17, 15) is 0 Å². The van der Waals surface area contributed by atoms with Gasteiger partial charge in [-0.05, 0) is 29.8 Å². The Morgan fingerprint density at radius 2 is 1.67 bits per heavy atom. The minimum absolute atomic E-state index is 0.567. The van der Waals surface area contributed by atoms with Gasteiger partial charge in [0.05, 0.1) is 15.7 Å². The summed E-state index contributed by atoms with van der Waals surface area (Å²) in [4.78, 5) is 2.52. The highest BCUT2D eigenvalue weighted by molar-refractivity contribution is 7.15. The zero-order valence-corrected chi connectivity index (χ0v) is 13.5. The number of hydrogen-bond acceptors (Lipinski definition) is 2. The lowest BCUT2D eigenvalue weighted by Gasteiger charge is -2.07. The molecule has 0 saturated heterocycles. The fraction of sp³-hybridized carbons (Fsp3) is 0.0588. The molecule has 0 aliphatic heterocycles. The molecule has 106 valence electrons. The van der Waals surface area contributed by atoms with Crippen molar-refractivity contribution in [3.05, 3.63) is 75.6 Å². The molecular weight excluding hydrogens is 321 g/mol. The van der Waals surface area contributed by atoms with Gasteiger partial charge >= 0.3 is 0 Å². The summed E-state index contributed by atoms with van der Waals surface area (Å²) in [5, 5.41) is 4.46. The summed E-state index contributed by atoms with van der Waals surface area (Å²) in [5.74, 6) is 0. The fourth-order valence-electron chi connectivity index (χ4n) is 2.05. The van der Waals surface area contributed by atoms with Crippen LogP contribution in [-0.4, -0.2) is 0 Å². The maximum absolute atomic E-state index is 6.17. The monoisotopic (exact) mass is 333 g/mol. The predicted octanol–water partition coefficient (Wildman–Crippen LogP) is 6.33. The predicted molar refractivity (Wildman–Crippen MR) is 93.5 cm³/mol. The molecule has 0 aliphatic rings. The van der Waals surface area contributed by atoms with E-state index in [1.807, 2.05) is 18.2 Å². The maximum atomic E-state index is 6.17. The molecule has 3 rings (SSSR count). The summed E-state index contributed by atoms with van der Waals surface area (Å²) < 4.78 is 0. The van der Waals surface area contributed by atoms with Crippen LogP contribution in [0.5, 0.6) is 0 Å². The molecule has 0 spiro atoms. The Morgan fingerprint density at radius 3 is 2.48 bits per heavy atom. The molecule has 1 N–H and O–H groups in total. The van der Waals surface area contributed by atoms with Crippen molar-refractivity contribution in [2.24, 2.45) is 0 Å². The average molecular weight is 334 g/mol. The van der Waals surface area contributed by atoms with Gasteiger partial charge in [0.25, 0.3) is 0 Å². The summed E-state index contributed by atoms with van der Waals surface area (Å²) in [6.07, 6.45) is 0. The van der Waals surface area contributed by atoms with E-state index in [1.54, 1.807) is 17.4 Å². The van der Waals surface area contributed by atoms with Crippen LogP contribution in [0.25, 0.3) is 10.4 Å². The maximum Gasteiger partial charge on any atom is 0.0823 e. The van der Waals surface area contributed by atoms with Crippen molar-refractivity contribution in [1.29, 1.82) is 0 Å². The molecule has 0 radical (unpaired) electrons. The molecule has 0 aliphatic carbocycles. The Bertz CT molecular complexity index is 738. The number of hydrogen-bond donors (Lipinski definition) is 1. The van der Waals surface area contributed by atoms with Gasteiger partial charge in [0.2, 0.25) is 0 Å². The number of nitrogens with one attached hydrogen (secondary N) is 1. The molecule has 1 aromatic heterocycles. The van der Waals surface area contributed by atoms with Crippen molar-refractivity contribution in [3.63, 3.8) is 0 Å². The molecule has 0 fully saturated rings. The second-order valence-electron chi connectivity index (χ2n) is 4.59. The molecule has 4 heteroatoms. The number of rotatable bonds is 4. The van der Waals surface area contributed by atoms with Crippen LogP contribution < -0.4 is 5.32 Å². The van der Waals surface area contributed by atoms with Gasteiger partial charge < -0.3 is 5.32 Å². The zero-order chi connectivity index (χ0) is 14.7. The number of thiophene rings is 1. The summed E-state index contributed by atoms with van der Waals surface area (Å²) in [6.45, 7) is 0.734. The van der Waals surface area contributed by atoms with Gasteiger partial charge in [0.1, 0.15) is 0 Å². The SMILES string of the molecule is Clc1cccc(NCc2ccc(-c3ccccc3)s2)c1Cl. The smallest absolute Gasteiger partial charge is 0.0823 e. The van der Waals surface area contributed by atoms with Gasteiger partial charge in [-0.2, -0.15) is 0 Å². The lowest BCUT2D eigenvalue weighted by atomic mass is 10.2. The normalized spacial score (nSPS) is 10.6. The third-order valence-electron chi connectivity index (χ3n) is 3.12. The van der Waals surface area contributed by atoms with Crippen molar-refractivity contribution >= 4 is 40.2 Å². The minimum atomic E-state index is 0.567. The summed E-state index contributed by atoms with van der Waals surface area (Å²) in [7, 11) is 0. The molecule has 2 aromatic carbocycles. The summed E-state index contributed by atoms with van der Waals surface area (Å²) in [5.41, 5.74) is 2.10. The molecule has 1 nitrogen and oxygen atoms in total. The Balaban J connectivity index is 1.72. The van der Waals surface area contributed by atoms with Crippen LogP contribution in [0.1, 0.15) is 4.88 Å². The van der Waals surface area contributed by atoms with Gasteiger partial charge in [0.15, 0.2) is 0 Å². The number of anilines is 1. The lowest BCUT2D eigenvalue weighted by Crippen LogP contribution is -1.97. The molecule has 0 unspecified atom stereocenters. The van der Waals surface area contributed by atoms with E-state index < -0.39 is 0 Å². The van der Waals surface area contributed by atoms with Crippen molar-refractivity contribution in [2.75, 3.05) is 5.32 Å². The largest absolute Gasteiger partial charge is 0.379 e. The van der Waals surface area contributed by atoms with E-state index in [4.69, 9.17) is 23.2 Å². The van der Waals surface area contributed by atoms with E-state index in [0.29, 0.717) is 10.0 Å². The van der Waals surface area contributed by atoms with Crippen LogP contribution in [0.3, 0.4) is 0 Å². The molecule has 1 heterocycles. The Morgan fingerprint density at radius 1 is 0.857 bits per heavy atom. The quantitative estimate of drug-likeness (QED) is 0.587. The molecule has 21 heavy (non-hydrogen) atoms. The Labute approximate surface area is 138 Å². The van der Waals surface area contributed by atoms with Crippen LogP contribution in [0.2, 0.25) is 10.0 Å². The van der Waals surface area contributed by atoms with E-state index in [2.05, 4.69) is 41.7 Å². The molecule has 0 atom stereocenters. The van der Waals surface area contributed by atoms with E-state index in [0.717, 1.165) is 12.2 Å².